The topological polar surface area (TPSA) is 113 Å². The van der Waals surface area contributed by atoms with Crippen molar-refractivity contribution in [2.45, 2.75) is 39.3 Å². The molecule has 0 unspecified atom stereocenters. The van der Waals surface area contributed by atoms with Crippen LogP contribution in [0.25, 0.3) is 17.0 Å². The quantitative estimate of drug-likeness (QED) is 0.172. The third kappa shape index (κ3) is 11.6. The van der Waals surface area contributed by atoms with E-state index in [1.807, 2.05) is 51.1 Å². The highest BCUT2D eigenvalue weighted by molar-refractivity contribution is 5.85. The van der Waals surface area contributed by atoms with Gasteiger partial charge in [-0.2, -0.15) is 0 Å². The van der Waals surface area contributed by atoms with Gasteiger partial charge in [-0.05, 0) is 56.0 Å². The molecule has 3 N–H and O–H groups in total. The van der Waals surface area contributed by atoms with Gasteiger partial charge in [0.15, 0.2) is 0 Å². The first-order valence-electron chi connectivity index (χ1n) is 13.6. The van der Waals surface area contributed by atoms with Gasteiger partial charge in [-0.1, -0.05) is 42.5 Å². The summed E-state index contributed by atoms with van der Waals surface area (Å²) in [4.78, 5) is 28.1. The van der Waals surface area contributed by atoms with Crippen LogP contribution in [0.3, 0.4) is 0 Å². The number of rotatable bonds is 16. The number of carbonyl (C=O) groups is 2. The predicted molar refractivity (Wildman–Crippen MR) is 156 cm³/mol. The lowest BCUT2D eigenvalue weighted by molar-refractivity contribution is -0.131. The average molecular weight is 552 g/mol. The monoisotopic (exact) mass is 551 g/mol. The fourth-order valence-electron chi connectivity index (χ4n) is 4.10. The molecule has 0 fully saturated rings. The molecular weight excluding hydrogens is 510 g/mol. The summed E-state index contributed by atoms with van der Waals surface area (Å²) >= 11 is 0. The van der Waals surface area contributed by atoms with Gasteiger partial charge in [0.25, 0.3) is 0 Å². The highest BCUT2D eigenvalue weighted by Gasteiger charge is 2.15. The molecule has 0 aliphatic rings. The van der Waals surface area contributed by atoms with Gasteiger partial charge < -0.3 is 29.6 Å². The van der Waals surface area contributed by atoms with E-state index in [-0.39, 0.29) is 0 Å². The van der Waals surface area contributed by atoms with Crippen molar-refractivity contribution in [3.8, 4) is 0 Å². The largest absolute Gasteiger partial charge is 0.478 e. The van der Waals surface area contributed by atoms with Crippen LogP contribution in [0.2, 0.25) is 0 Å². The maximum absolute atomic E-state index is 11.6. The first kappa shape index (κ1) is 30.9. The molecule has 1 amide bonds. The SMILES string of the molecule is CC(C)(C)OC(=O)NCCOCCOCCN(CCc1c[nH]c2ccccc12)Cc1ccc(/C=C/C(=O)O)cc1. The molecule has 0 atom stereocenters. The van der Waals surface area contributed by atoms with E-state index >= 15 is 0 Å². The molecule has 0 aliphatic carbocycles. The summed E-state index contributed by atoms with van der Waals surface area (Å²) in [6.45, 7) is 10.1. The lowest BCUT2D eigenvalue weighted by Crippen LogP contribution is -2.34. The van der Waals surface area contributed by atoms with Crippen LogP contribution in [0.5, 0.6) is 0 Å². The number of aliphatic carboxylic acids is 1. The number of aromatic amines is 1. The van der Waals surface area contributed by atoms with E-state index in [1.165, 1.54) is 10.9 Å². The molecule has 2 aromatic carbocycles. The van der Waals surface area contributed by atoms with Crippen LogP contribution in [0.4, 0.5) is 4.79 Å². The van der Waals surface area contributed by atoms with Crippen LogP contribution in [0.1, 0.15) is 37.5 Å². The van der Waals surface area contributed by atoms with E-state index in [0.29, 0.717) is 33.0 Å². The molecule has 3 rings (SSSR count). The first-order valence-corrected chi connectivity index (χ1v) is 13.6. The number of hydrogen-bond donors (Lipinski definition) is 3. The number of alkyl carbamates (subject to hydrolysis) is 1. The lowest BCUT2D eigenvalue weighted by atomic mass is 10.1. The van der Waals surface area contributed by atoms with Crippen molar-refractivity contribution in [2.75, 3.05) is 46.1 Å². The second kappa shape index (κ2) is 15.8. The second-order valence-corrected chi connectivity index (χ2v) is 10.5. The summed E-state index contributed by atoms with van der Waals surface area (Å²) in [6.07, 6.45) is 5.26. The lowest BCUT2D eigenvalue weighted by Gasteiger charge is -2.22. The number of benzene rings is 2. The molecule has 3 aromatic rings. The number of carbonyl (C=O) groups excluding carboxylic acids is 1. The zero-order chi connectivity index (χ0) is 28.8. The van der Waals surface area contributed by atoms with Gasteiger partial charge in [-0.25, -0.2) is 9.59 Å². The Morgan fingerprint density at radius 2 is 1.70 bits per heavy atom. The van der Waals surface area contributed by atoms with E-state index in [0.717, 1.165) is 48.8 Å². The molecule has 0 radical (unpaired) electrons. The van der Waals surface area contributed by atoms with Crippen molar-refractivity contribution >= 4 is 29.0 Å². The summed E-state index contributed by atoms with van der Waals surface area (Å²) in [5.41, 5.74) is 3.89. The molecule has 0 saturated heterocycles. The Bertz CT molecular complexity index is 1230. The minimum Gasteiger partial charge on any atom is -0.478 e. The number of carboxylic acid groups (broad SMARTS) is 1. The van der Waals surface area contributed by atoms with Crippen LogP contribution in [-0.4, -0.2) is 78.7 Å². The fourth-order valence-corrected chi connectivity index (χ4v) is 4.10. The Labute approximate surface area is 236 Å². The van der Waals surface area contributed by atoms with Gasteiger partial charge in [-0.3, -0.25) is 4.90 Å². The Kier molecular flexibility index (Phi) is 12.2. The van der Waals surface area contributed by atoms with Crippen LogP contribution >= 0.6 is 0 Å². The van der Waals surface area contributed by atoms with E-state index in [2.05, 4.69) is 39.6 Å². The Hall–Kier alpha value is -3.66. The van der Waals surface area contributed by atoms with Crippen molar-refractivity contribution in [1.29, 1.82) is 0 Å². The third-order valence-electron chi connectivity index (χ3n) is 6.02. The van der Waals surface area contributed by atoms with E-state index < -0.39 is 17.7 Å². The Morgan fingerprint density at radius 3 is 2.42 bits per heavy atom. The third-order valence-corrected chi connectivity index (χ3v) is 6.02. The van der Waals surface area contributed by atoms with E-state index in [4.69, 9.17) is 19.3 Å². The highest BCUT2D eigenvalue weighted by atomic mass is 16.6. The van der Waals surface area contributed by atoms with Gasteiger partial charge in [0, 0.05) is 49.4 Å². The number of aromatic nitrogens is 1. The molecule has 40 heavy (non-hydrogen) atoms. The molecule has 216 valence electrons. The predicted octanol–water partition coefficient (Wildman–Crippen LogP) is 4.87. The van der Waals surface area contributed by atoms with Crippen molar-refractivity contribution < 1.29 is 28.9 Å². The maximum Gasteiger partial charge on any atom is 0.407 e. The van der Waals surface area contributed by atoms with Crippen molar-refractivity contribution in [3.05, 3.63) is 77.5 Å². The smallest absolute Gasteiger partial charge is 0.407 e. The zero-order valence-electron chi connectivity index (χ0n) is 23.7. The van der Waals surface area contributed by atoms with Gasteiger partial charge in [0.2, 0.25) is 0 Å². The van der Waals surface area contributed by atoms with Crippen LogP contribution in [0.15, 0.2) is 60.8 Å². The molecule has 1 heterocycles. The zero-order valence-corrected chi connectivity index (χ0v) is 23.7. The summed E-state index contributed by atoms with van der Waals surface area (Å²) < 4.78 is 16.6. The highest BCUT2D eigenvalue weighted by Crippen LogP contribution is 2.19. The average Bonchev–Trinajstić information content (AvgIpc) is 3.32. The summed E-state index contributed by atoms with van der Waals surface area (Å²) in [6, 6.07) is 16.2. The number of hydrogen-bond acceptors (Lipinski definition) is 6. The van der Waals surface area contributed by atoms with Crippen molar-refractivity contribution in [3.63, 3.8) is 0 Å². The van der Waals surface area contributed by atoms with Crippen LogP contribution in [0, 0.1) is 0 Å². The Morgan fingerprint density at radius 1 is 0.975 bits per heavy atom. The minimum absolute atomic E-state index is 0.376. The fraction of sp³-hybridized carbons (Fsp3) is 0.419. The molecule has 0 spiro atoms. The molecule has 9 nitrogen and oxygen atoms in total. The van der Waals surface area contributed by atoms with Gasteiger partial charge >= 0.3 is 12.1 Å². The normalized spacial score (nSPS) is 11.9. The summed E-state index contributed by atoms with van der Waals surface area (Å²) in [7, 11) is 0. The Balaban J connectivity index is 1.44. The second-order valence-electron chi connectivity index (χ2n) is 10.5. The summed E-state index contributed by atoms with van der Waals surface area (Å²) in [5.74, 6) is -0.963. The van der Waals surface area contributed by atoms with Crippen molar-refractivity contribution in [1.82, 2.24) is 15.2 Å². The number of nitrogens with zero attached hydrogens (tertiary/aromatic N) is 1. The molecule has 0 saturated carbocycles. The molecule has 0 bridgehead atoms. The number of H-pyrrole nitrogens is 1. The van der Waals surface area contributed by atoms with Gasteiger partial charge in [0.05, 0.1) is 26.4 Å². The van der Waals surface area contributed by atoms with Crippen molar-refractivity contribution in [2.24, 2.45) is 0 Å². The first-order chi connectivity index (χ1) is 19.2. The number of carboxylic acids is 1. The van der Waals surface area contributed by atoms with Gasteiger partial charge in [0.1, 0.15) is 5.60 Å². The number of amides is 1. The number of nitrogens with one attached hydrogen (secondary N) is 2. The van der Waals surface area contributed by atoms with Crippen LogP contribution in [-0.2, 0) is 32.0 Å². The van der Waals surface area contributed by atoms with Crippen LogP contribution < -0.4 is 5.32 Å². The van der Waals surface area contributed by atoms with E-state index in [9.17, 15) is 9.59 Å². The molecule has 0 aliphatic heterocycles. The maximum atomic E-state index is 11.6. The van der Waals surface area contributed by atoms with E-state index in [1.54, 1.807) is 6.08 Å². The molecule has 9 heteroatoms. The number of ether oxygens (including phenoxy) is 3. The molecular formula is C31H41N3O6. The number of para-hydroxylation sites is 1. The summed E-state index contributed by atoms with van der Waals surface area (Å²) in [5, 5.41) is 12.8. The molecule has 1 aromatic heterocycles. The standard InChI is InChI=1S/C31H41N3O6/c1-31(2,3)40-30(37)32-15-18-38-20-21-39-19-17-34(16-14-26-22-33-28-7-5-4-6-27(26)28)23-25-10-8-24(9-11-25)12-13-29(35)36/h4-13,22,33H,14-21,23H2,1-3H3,(H,32,37)(H,35,36)/b13-12+. The minimum atomic E-state index is -0.963. The number of fused-ring (bicyclic) bond motifs is 1. The van der Waals surface area contributed by atoms with Gasteiger partial charge in [-0.15, -0.1) is 0 Å².